The van der Waals surface area contributed by atoms with Crippen LogP contribution in [0.25, 0.3) is 11.1 Å². The first-order valence-electron chi connectivity index (χ1n) is 5.50. The van der Waals surface area contributed by atoms with E-state index in [2.05, 4.69) is 4.74 Å². The van der Waals surface area contributed by atoms with Crippen LogP contribution < -0.4 is 4.74 Å². The lowest BCUT2D eigenvalue weighted by molar-refractivity contribution is -0.274. The van der Waals surface area contributed by atoms with E-state index in [0.29, 0.717) is 23.0 Å². The maximum atomic E-state index is 12.0. The minimum Gasteiger partial charge on any atom is -0.406 e. The van der Waals surface area contributed by atoms with Gasteiger partial charge in [0, 0.05) is 11.1 Å². The van der Waals surface area contributed by atoms with Crippen molar-refractivity contribution in [2.24, 2.45) is 0 Å². The van der Waals surface area contributed by atoms with Crippen molar-refractivity contribution in [2.75, 3.05) is 0 Å². The highest BCUT2D eigenvalue weighted by molar-refractivity contribution is 6.35. The Kier molecular flexibility index (Phi) is 3.99. The van der Waals surface area contributed by atoms with Crippen LogP contribution in [0, 0.1) is 0 Å². The topological polar surface area (TPSA) is 26.3 Å². The van der Waals surface area contributed by atoms with E-state index in [1.165, 1.54) is 24.3 Å². The molecule has 0 saturated carbocycles. The first kappa shape index (κ1) is 14.4. The Hall–Kier alpha value is -2.01. The molecule has 0 aliphatic heterocycles. The Morgan fingerprint density at radius 3 is 2.25 bits per heavy atom. The third kappa shape index (κ3) is 3.30. The van der Waals surface area contributed by atoms with Crippen molar-refractivity contribution in [2.45, 2.75) is 6.36 Å². The molecule has 0 unspecified atom stereocenters. The van der Waals surface area contributed by atoms with E-state index in [0.717, 1.165) is 0 Å². The number of aldehydes is 1. The van der Waals surface area contributed by atoms with E-state index < -0.39 is 6.36 Å². The highest BCUT2D eigenvalue weighted by Gasteiger charge is 2.30. The molecule has 0 atom stereocenters. The zero-order valence-corrected chi connectivity index (χ0v) is 10.7. The van der Waals surface area contributed by atoms with E-state index in [-0.39, 0.29) is 10.8 Å². The van der Waals surface area contributed by atoms with Crippen LogP contribution in [-0.4, -0.2) is 12.6 Å². The summed E-state index contributed by atoms with van der Waals surface area (Å²) in [6.07, 6.45) is -4.11. The summed E-state index contributed by atoms with van der Waals surface area (Å²) in [5.41, 5.74) is 1.47. The van der Waals surface area contributed by atoms with Crippen LogP contribution in [0.1, 0.15) is 10.4 Å². The van der Waals surface area contributed by atoms with Gasteiger partial charge in [-0.3, -0.25) is 4.79 Å². The number of halogens is 4. The molecule has 0 amide bonds. The minimum atomic E-state index is -4.73. The summed E-state index contributed by atoms with van der Waals surface area (Å²) in [6, 6.07) is 10.1. The molecule has 0 radical (unpaired) electrons. The summed E-state index contributed by atoms with van der Waals surface area (Å²) in [6.45, 7) is 0. The summed E-state index contributed by atoms with van der Waals surface area (Å²) in [4.78, 5) is 10.8. The van der Waals surface area contributed by atoms with E-state index in [1.807, 2.05) is 0 Å². The number of hydrogen-bond acceptors (Lipinski definition) is 2. The molecule has 0 saturated heterocycles. The largest absolute Gasteiger partial charge is 0.573 e. The van der Waals surface area contributed by atoms with Crippen molar-refractivity contribution in [1.82, 2.24) is 0 Å². The van der Waals surface area contributed by atoms with Crippen LogP contribution in [0.3, 0.4) is 0 Å². The van der Waals surface area contributed by atoms with Gasteiger partial charge in [-0.25, -0.2) is 0 Å². The van der Waals surface area contributed by atoms with Gasteiger partial charge < -0.3 is 4.74 Å². The lowest BCUT2D eigenvalue weighted by Gasteiger charge is -2.10. The molecule has 20 heavy (non-hydrogen) atoms. The number of ether oxygens (including phenoxy) is 1. The fourth-order valence-corrected chi connectivity index (χ4v) is 1.98. The van der Waals surface area contributed by atoms with Crippen molar-refractivity contribution in [3.05, 3.63) is 53.1 Å². The molecule has 6 heteroatoms. The summed E-state index contributed by atoms with van der Waals surface area (Å²) in [5.74, 6) is -0.316. The minimum absolute atomic E-state index is 0.256. The summed E-state index contributed by atoms with van der Waals surface area (Å²) < 4.78 is 39.9. The molecule has 0 spiro atoms. The normalized spacial score (nSPS) is 11.2. The number of carbonyl (C=O) groups excluding carboxylic acids is 1. The Bertz CT molecular complexity index is 621. The first-order chi connectivity index (χ1) is 9.40. The third-order valence-electron chi connectivity index (χ3n) is 2.55. The number of alkyl halides is 3. The van der Waals surface area contributed by atoms with Crippen molar-refractivity contribution < 1.29 is 22.7 Å². The second-order valence-corrected chi connectivity index (χ2v) is 4.28. The number of hydrogen-bond donors (Lipinski definition) is 0. The van der Waals surface area contributed by atoms with Crippen LogP contribution in [-0.2, 0) is 0 Å². The highest BCUT2D eigenvalue weighted by Crippen LogP contribution is 2.32. The first-order valence-corrected chi connectivity index (χ1v) is 5.88. The number of rotatable bonds is 3. The van der Waals surface area contributed by atoms with Crippen molar-refractivity contribution in [3.63, 3.8) is 0 Å². The van der Waals surface area contributed by atoms with Gasteiger partial charge in [0.1, 0.15) is 5.75 Å². The van der Waals surface area contributed by atoms with Gasteiger partial charge in [-0.1, -0.05) is 41.9 Å². The summed E-state index contributed by atoms with van der Waals surface area (Å²) >= 11 is 6.05. The molecule has 0 bridgehead atoms. The lowest BCUT2D eigenvalue weighted by Crippen LogP contribution is -2.16. The molecule has 2 nitrogen and oxygen atoms in total. The van der Waals surface area contributed by atoms with Gasteiger partial charge in [-0.05, 0) is 17.7 Å². The smallest absolute Gasteiger partial charge is 0.406 e. The van der Waals surface area contributed by atoms with E-state index >= 15 is 0 Å². The molecule has 0 aromatic heterocycles. The maximum Gasteiger partial charge on any atom is 0.573 e. The van der Waals surface area contributed by atoms with E-state index in [9.17, 15) is 18.0 Å². The molecule has 104 valence electrons. The number of benzene rings is 2. The maximum absolute atomic E-state index is 12.0. The van der Waals surface area contributed by atoms with Gasteiger partial charge >= 0.3 is 6.36 Å². The van der Waals surface area contributed by atoms with Gasteiger partial charge in [-0.15, -0.1) is 13.2 Å². The molecular weight excluding hydrogens is 293 g/mol. The van der Waals surface area contributed by atoms with Crippen LogP contribution in [0.4, 0.5) is 13.2 Å². The summed E-state index contributed by atoms with van der Waals surface area (Å²) in [7, 11) is 0. The fourth-order valence-electron chi connectivity index (χ4n) is 1.70. The van der Waals surface area contributed by atoms with Crippen LogP contribution in [0.5, 0.6) is 5.75 Å². The highest BCUT2D eigenvalue weighted by atomic mass is 35.5. The van der Waals surface area contributed by atoms with Crippen LogP contribution in [0.15, 0.2) is 42.5 Å². The monoisotopic (exact) mass is 300 g/mol. The number of carbonyl (C=O) groups is 1. The van der Waals surface area contributed by atoms with Crippen molar-refractivity contribution in [3.8, 4) is 16.9 Å². The fraction of sp³-hybridized carbons (Fsp3) is 0.0714. The molecule has 0 heterocycles. The third-order valence-corrected chi connectivity index (χ3v) is 2.98. The standard InChI is InChI=1S/C14H8ClF3O2/c15-13-10(8-19)2-1-3-12(13)9-4-6-11(7-5-9)20-14(16,17)18/h1-8H. The summed E-state index contributed by atoms with van der Waals surface area (Å²) in [5, 5.41) is 0.256. The Morgan fingerprint density at radius 1 is 1.05 bits per heavy atom. The van der Waals surface area contributed by atoms with Gasteiger partial charge in [-0.2, -0.15) is 0 Å². The second kappa shape index (κ2) is 5.54. The molecule has 2 aromatic rings. The average molecular weight is 301 g/mol. The Labute approximate surface area is 117 Å². The molecule has 0 aliphatic carbocycles. The molecular formula is C14H8ClF3O2. The average Bonchev–Trinajstić information content (AvgIpc) is 2.38. The Balaban J connectivity index is 2.33. The SMILES string of the molecule is O=Cc1cccc(-c2ccc(OC(F)(F)F)cc2)c1Cl. The predicted molar refractivity (Wildman–Crippen MR) is 69.0 cm³/mol. The Morgan fingerprint density at radius 2 is 1.70 bits per heavy atom. The predicted octanol–water partition coefficient (Wildman–Crippen LogP) is 4.72. The van der Waals surface area contributed by atoms with Gasteiger partial charge in [0.25, 0.3) is 0 Å². The van der Waals surface area contributed by atoms with Crippen LogP contribution >= 0.6 is 11.6 Å². The van der Waals surface area contributed by atoms with Crippen LogP contribution in [0.2, 0.25) is 5.02 Å². The van der Waals surface area contributed by atoms with E-state index in [1.54, 1.807) is 18.2 Å². The zero-order valence-electron chi connectivity index (χ0n) is 9.95. The van der Waals surface area contributed by atoms with Crippen molar-refractivity contribution >= 4 is 17.9 Å². The van der Waals surface area contributed by atoms with Gasteiger partial charge in [0.15, 0.2) is 6.29 Å². The quantitative estimate of drug-likeness (QED) is 0.767. The van der Waals surface area contributed by atoms with Gasteiger partial charge in [0.2, 0.25) is 0 Å². The molecule has 0 N–H and O–H groups in total. The van der Waals surface area contributed by atoms with E-state index in [4.69, 9.17) is 11.6 Å². The lowest BCUT2D eigenvalue weighted by atomic mass is 10.0. The molecule has 2 aromatic carbocycles. The van der Waals surface area contributed by atoms with Gasteiger partial charge in [0.05, 0.1) is 5.02 Å². The zero-order chi connectivity index (χ0) is 14.8. The second-order valence-electron chi connectivity index (χ2n) is 3.90. The van der Waals surface area contributed by atoms with Crippen molar-refractivity contribution in [1.29, 1.82) is 0 Å². The molecule has 0 aliphatic rings. The molecule has 2 rings (SSSR count). The molecule has 0 fully saturated rings.